The van der Waals surface area contributed by atoms with Crippen molar-refractivity contribution in [3.05, 3.63) is 52.8 Å². The van der Waals surface area contributed by atoms with Gasteiger partial charge in [-0.3, -0.25) is 4.72 Å². The van der Waals surface area contributed by atoms with E-state index >= 15 is 0 Å². The zero-order chi connectivity index (χ0) is 15.8. The van der Waals surface area contributed by atoms with Gasteiger partial charge in [0.2, 0.25) is 0 Å². The third-order valence-corrected chi connectivity index (χ3v) is 4.63. The summed E-state index contributed by atoms with van der Waals surface area (Å²) >= 11 is 0. The molecule has 112 valence electrons. The maximum atomic E-state index is 13.7. The molecule has 4 nitrogen and oxygen atoms in total. The first-order chi connectivity index (χ1) is 9.72. The summed E-state index contributed by atoms with van der Waals surface area (Å²) < 4.78 is 40.6. The first kappa shape index (κ1) is 15.3. The predicted octanol–water partition coefficient (Wildman–Crippen LogP) is 3.26. The van der Waals surface area contributed by atoms with Crippen molar-refractivity contribution in [3.8, 4) is 5.75 Å². The average molecular weight is 309 g/mol. The topological polar surface area (TPSA) is 66.4 Å². The molecule has 2 aromatic rings. The van der Waals surface area contributed by atoms with Crippen LogP contribution in [0.15, 0.2) is 35.2 Å². The molecule has 0 heterocycles. The number of hydrogen-bond donors (Lipinski definition) is 2. The van der Waals surface area contributed by atoms with E-state index in [4.69, 9.17) is 0 Å². The summed E-state index contributed by atoms with van der Waals surface area (Å²) in [4.78, 5) is -0.415. The van der Waals surface area contributed by atoms with Crippen LogP contribution in [0.2, 0.25) is 0 Å². The molecular weight excluding hydrogens is 293 g/mol. The molecule has 0 aliphatic rings. The van der Waals surface area contributed by atoms with Crippen LogP contribution >= 0.6 is 0 Å². The minimum atomic E-state index is -4.05. The Balaban J connectivity index is 2.47. The smallest absolute Gasteiger partial charge is 0.264 e. The SMILES string of the molecule is Cc1ccc(F)c(S(=O)(=O)Nc2ccc(C)c(O)c2C)c1. The van der Waals surface area contributed by atoms with Crippen molar-refractivity contribution in [1.82, 2.24) is 0 Å². The van der Waals surface area contributed by atoms with E-state index in [-0.39, 0.29) is 11.4 Å². The highest BCUT2D eigenvalue weighted by Gasteiger charge is 2.20. The second-order valence-electron chi connectivity index (χ2n) is 4.94. The molecule has 0 spiro atoms. The first-order valence-electron chi connectivity index (χ1n) is 6.30. The van der Waals surface area contributed by atoms with Crippen molar-refractivity contribution in [3.63, 3.8) is 0 Å². The molecule has 6 heteroatoms. The van der Waals surface area contributed by atoms with Crippen LogP contribution in [0, 0.1) is 26.6 Å². The summed E-state index contributed by atoms with van der Waals surface area (Å²) in [7, 11) is -4.05. The Morgan fingerprint density at radius 3 is 2.43 bits per heavy atom. The molecular formula is C15H16FNO3S. The fourth-order valence-corrected chi connectivity index (χ4v) is 3.25. The van der Waals surface area contributed by atoms with E-state index in [2.05, 4.69) is 4.72 Å². The lowest BCUT2D eigenvalue weighted by molar-refractivity contribution is 0.467. The van der Waals surface area contributed by atoms with Crippen molar-refractivity contribution < 1.29 is 17.9 Å². The van der Waals surface area contributed by atoms with E-state index in [1.54, 1.807) is 26.8 Å². The number of hydrogen-bond acceptors (Lipinski definition) is 3. The van der Waals surface area contributed by atoms with Gasteiger partial charge in [0.1, 0.15) is 16.5 Å². The number of phenols is 1. The largest absolute Gasteiger partial charge is 0.507 e. The first-order valence-corrected chi connectivity index (χ1v) is 7.79. The summed E-state index contributed by atoms with van der Waals surface area (Å²) in [6, 6.07) is 7.00. The number of aromatic hydroxyl groups is 1. The molecule has 0 unspecified atom stereocenters. The molecule has 0 aliphatic carbocycles. The van der Waals surface area contributed by atoms with Gasteiger partial charge in [0.15, 0.2) is 0 Å². The second-order valence-corrected chi connectivity index (χ2v) is 6.59. The minimum Gasteiger partial charge on any atom is -0.507 e. The van der Waals surface area contributed by atoms with E-state index in [9.17, 15) is 17.9 Å². The summed E-state index contributed by atoms with van der Waals surface area (Å²) in [6.07, 6.45) is 0. The van der Waals surface area contributed by atoms with Crippen molar-refractivity contribution in [2.75, 3.05) is 4.72 Å². The number of rotatable bonds is 3. The van der Waals surface area contributed by atoms with Gasteiger partial charge in [-0.1, -0.05) is 12.1 Å². The third-order valence-electron chi connectivity index (χ3n) is 3.25. The number of phenolic OH excluding ortho intramolecular Hbond substituents is 1. The van der Waals surface area contributed by atoms with Gasteiger partial charge in [-0.05, 0) is 50.1 Å². The molecule has 0 aromatic heterocycles. The zero-order valence-electron chi connectivity index (χ0n) is 11.9. The van der Waals surface area contributed by atoms with E-state index in [0.29, 0.717) is 16.7 Å². The highest BCUT2D eigenvalue weighted by Crippen LogP contribution is 2.30. The van der Waals surface area contributed by atoms with Crippen LogP contribution in [0.4, 0.5) is 10.1 Å². The van der Waals surface area contributed by atoms with Gasteiger partial charge in [0, 0.05) is 5.56 Å². The van der Waals surface area contributed by atoms with Crippen molar-refractivity contribution in [2.45, 2.75) is 25.7 Å². The Morgan fingerprint density at radius 2 is 1.76 bits per heavy atom. The summed E-state index contributed by atoms with van der Waals surface area (Å²) in [5, 5.41) is 9.84. The number of aryl methyl sites for hydroxylation is 2. The molecule has 2 aromatic carbocycles. The standard InChI is InChI=1S/C15H16FNO3S/c1-9-4-6-12(16)14(8-9)21(19,20)17-13-7-5-10(2)15(18)11(13)3/h4-8,17-18H,1-3H3. The summed E-state index contributed by atoms with van der Waals surface area (Å²) in [5.74, 6) is -0.804. The van der Waals surface area contributed by atoms with Crippen LogP contribution in [-0.4, -0.2) is 13.5 Å². The predicted molar refractivity (Wildman–Crippen MR) is 79.5 cm³/mol. The fraction of sp³-hybridized carbons (Fsp3) is 0.200. The van der Waals surface area contributed by atoms with E-state index in [1.807, 2.05) is 0 Å². The molecule has 2 N–H and O–H groups in total. The number of sulfonamides is 1. The quantitative estimate of drug-likeness (QED) is 0.914. The molecule has 0 bridgehead atoms. The number of nitrogens with one attached hydrogen (secondary N) is 1. The lowest BCUT2D eigenvalue weighted by Gasteiger charge is -2.13. The van der Waals surface area contributed by atoms with E-state index in [0.717, 1.165) is 6.07 Å². The van der Waals surface area contributed by atoms with Crippen LogP contribution in [0.25, 0.3) is 0 Å². The highest BCUT2D eigenvalue weighted by molar-refractivity contribution is 7.92. The van der Waals surface area contributed by atoms with Gasteiger partial charge in [0.05, 0.1) is 5.69 Å². The average Bonchev–Trinajstić information content (AvgIpc) is 2.42. The van der Waals surface area contributed by atoms with Crippen LogP contribution in [0.1, 0.15) is 16.7 Å². The van der Waals surface area contributed by atoms with Gasteiger partial charge < -0.3 is 5.11 Å². The molecule has 0 aliphatic heterocycles. The Morgan fingerprint density at radius 1 is 1.10 bits per heavy atom. The Labute approximate surface area is 123 Å². The fourth-order valence-electron chi connectivity index (χ4n) is 1.96. The van der Waals surface area contributed by atoms with Gasteiger partial charge in [0.25, 0.3) is 10.0 Å². The van der Waals surface area contributed by atoms with Crippen LogP contribution in [0.3, 0.4) is 0 Å². The molecule has 0 amide bonds. The minimum absolute atomic E-state index is 0.0138. The molecule has 21 heavy (non-hydrogen) atoms. The van der Waals surface area contributed by atoms with E-state index in [1.165, 1.54) is 18.2 Å². The third kappa shape index (κ3) is 3.00. The molecule has 0 saturated heterocycles. The molecule has 0 radical (unpaired) electrons. The number of benzene rings is 2. The monoisotopic (exact) mass is 309 g/mol. The van der Waals surface area contributed by atoms with E-state index < -0.39 is 20.7 Å². The maximum absolute atomic E-state index is 13.7. The Kier molecular flexibility index (Phi) is 3.91. The van der Waals surface area contributed by atoms with Crippen molar-refractivity contribution >= 4 is 15.7 Å². The number of halogens is 1. The summed E-state index contributed by atoms with van der Waals surface area (Å²) in [5.41, 5.74) is 1.89. The van der Waals surface area contributed by atoms with Crippen LogP contribution in [-0.2, 0) is 10.0 Å². The van der Waals surface area contributed by atoms with Crippen LogP contribution in [0.5, 0.6) is 5.75 Å². The van der Waals surface area contributed by atoms with Gasteiger partial charge in [-0.25, -0.2) is 12.8 Å². The number of anilines is 1. The molecule has 0 atom stereocenters. The molecule has 2 rings (SSSR count). The molecule has 0 fully saturated rings. The van der Waals surface area contributed by atoms with Crippen molar-refractivity contribution in [1.29, 1.82) is 0 Å². The maximum Gasteiger partial charge on any atom is 0.264 e. The lowest BCUT2D eigenvalue weighted by Crippen LogP contribution is -2.15. The summed E-state index contributed by atoms with van der Waals surface area (Å²) in [6.45, 7) is 4.98. The highest BCUT2D eigenvalue weighted by atomic mass is 32.2. The normalized spacial score (nSPS) is 11.4. The molecule has 0 saturated carbocycles. The Hall–Kier alpha value is -2.08. The van der Waals surface area contributed by atoms with Crippen LogP contribution < -0.4 is 4.72 Å². The lowest BCUT2D eigenvalue weighted by atomic mass is 10.1. The van der Waals surface area contributed by atoms with Crippen molar-refractivity contribution in [2.24, 2.45) is 0 Å². The zero-order valence-corrected chi connectivity index (χ0v) is 12.8. The Bertz CT molecular complexity index is 801. The van der Waals surface area contributed by atoms with Gasteiger partial charge >= 0.3 is 0 Å². The van der Waals surface area contributed by atoms with Gasteiger partial charge in [-0.15, -0.1) is 0 Å². The van der Waals surface area contributed by atoms with Gasteiger partial charge in [-0.2, -0.15) is 0 Å². The second kappa shape index (κ2) is 5.37.